The summed E-state index contributed by atoms with van der Waals surface area (Å²) in [5.41, 5.74) is 0.302. The topological polar surface area (TPSA) is 50.3 Å². The number of rotatable bonds is 5. The highest BCUT2D eigenvalue weighted by Gasteiger charge is 2.05. The van der Waals surface area contributed by atoms with Crippen LogP contribution < -0.4 is 0 Å². The van der Waals surface area contributed by atoms with Crippen LogP contribution in [0.4, 0.5) is 0 Å². The highest BCUT2D eigenvalue weighted by atomic mass is 32.1. The number of hydrogen-bond acceptors (Lipinski definition) is 4. The first-order valence-electron chi connectivity index (χ1n) is 6.12. The van der Waals surface area contributed by atoms with Gasteiger partial charge in [-0.2, -0.15) is 0 Å². The highest BCUT2D eigenvalue weighted by Crippen LogP contribution is 2.04. The Morgan fingerprint density at radius 2 is 1.37 bits per heavy atom. The molecule has 0 aliphatic heterocycles. The van der Waals surface area contributed by atoms with Gasteiger partial charge in [0.25, 0.3) is 0 Å². The largest absolute Gasteiger partial charge is 0.304 e. The van der Waals surface area contributed by atoms with Gasteiger partial charge >= 0.3 is 0 Å². The Balaban J connectivity index is 0.000000399. The van der Waals surface area contributed by atoms with Crippen molar-refractivity contribution in [2.24, 2.45) is 0 Å². The fraction of sp³-hybridized carbons (Fsp3) is 0.462. The van der Waals surface area contributed by atoms with Crippen LogP contribution >= 0.6 is 25.3 Å². The molecule has 0 bridgehead atoms. The molecule has 0 atom stereocenters. The molecule has 1 heterocycles. The predicted octanol–water partition coefficient (Wildman–Crippen LogP) is 2.57. The van der Waals surface area contributed by atoms with E-state index in [1.54, 1.807) is 6.07 Å². The quantitative estimate of drug-likeness (QED) is 0.821. The highest BCUT2D eigenvalue weighted by molar-refractivity contribution is 7.97. The van der Waals surface area contributed by atoms with Crippen molar-refractivity contribution in [2.45, 2.75) is 20.8 Å². The van der Waals surface area contributed by atoms with Crippen molar-refractivity contribution in [3.8, 4) is 0 Å². The Morgan fingerprint density at radius 3 is 1.58 bits per heavy atom. The zero-order chi connectivity index (χ0) is 14.8. The van der Waals surface area contributed by atoms with Gasteiger partial charge in [0.1, 0.15) is 11.4 Å². The Morgan fingerprint density at radius 1 is 1.00 bits per heavy atom. The van der Waals surface area contributed by atoms with Crippen LogP contribution in [-0.2, 0) is 0 Å². The molecule has 0 unspecified atom stereocenters. The molecule has 0 aliphatic carbocycles. The standard InChI is InChI=1S/C7H5NO2S2.C6H15N/c9-6(11)4-2-1-3-5(8-4)7(10)12;1-4-7(5-2)6-3/h1-3H,(H,9,11)(H,10,12);4-6H2,1-3H3. The summed E-state index contributed by atoms with van der Waals surface area (Å²) < 4.78 is 0. The van der Waals surface area contributed by atoms with Gasteiger partial charge < -0.3 is 4.90 Å². The Bertz CT molecular complexity index is 386. The fourth-order valence-electron chi connectivity index (χ4n) is 1.34. The minimum atomic E-state index is -0.466. The average Bonchev–Trinajstić information content (AvgIpc) is 2.41. The summed E-state index contributed by atoms with van der Waals surface area (Å²) in [6.45, 7) is 10.1. The molecule has 19 heavy (non-hydrogen) atoms. The average molecular weight is 300 g/mol. The molecular weight excluding hydrogens is 280 g/mol. The summed E-state index contributed by atoms with van der Waals surface area (Å²) in [4.78, 5) is 27.5. The molecule has 1 aromatic heterocycles. The molecule has 0 aromatic carbocycles. The number of carbonyl (C=O) groups is 2. The molecule has 1 rings (SSSR count). The smallest absolute Gasteiger partial charge is 0.234 e. The minimum Gasteiger partial charge on any atom is -0.304 e. The maximum atomic E-state index is 10.7. The molecular formula is C13H20N2O2S2. The van der Waals surface area contributed by atoms with E-state index in [1.807, 2.05) is 0 Å². The van der Waals surface area contributed by atoms with Gasteiger partial charge in [0.2, 0.25) is 10.2 Å². The van der Waals surface area contributed by atoms with Crippen molar-refractivity contribution in [1.82, 2.24) is 9.88 Å². The van der Waals surface area contributed by atoms with Gasteiger partial charge in [-0.05, 0) is 31.8 Å². The lowest BCUT2D eigenvalue weighted by atomic mass is 10.3. The number of thiol groups is 2. The van der Waals surface area contributed by atoms with E-state index in [9.17, 15) is 9.59 Å². The van der Waals surface area contributed by atoms with Crippen molar-refractivity contribution in [1.29, 1.82) is 0 Å². The van der Waals surface area contributed by atoms with Gasteiger partial charge in [0.05, 0.1) is 0 Å². The lowest BCUT2D eigenvalue weighted by Gasteiger charge is -2.13. The predicted molar refractivity (Wildman–Crippen MR) is 84.3 cm³/mol. The monoisotopic (exact) mass is 300 g/mol. The van der Waals surface area contributed by atoms with Crippen molar-refractivity contribution in [3.63, 3.8) is 0 Å². The van der Waals surface area contributed by atoms with Crippen LogP contribution in [0.25, 0.3) is 0 Å². The number of carbonyl (C=O) groups excluding carboxylic acids is 2. The van der Waals surface area contributed by atoms with Gasteiger partial charge in [-0.1, -0.05) is 52.1 Å². The molecule has 106 valence electrons. The second-order valence-corrected chi connectivity index (χ2v) is 4.45. The molecule has 0 saturated carbocycles. The van der Waals surface area contributed by atoms with Crippen molar-refractivity contribution >= 4 is 35.5 Å². The molecule has 1 aromatic rings. The van der Waals surface area contributed by atoms with Crippen LogP contribution in [-0.4, -0.2) is 39.7 Å². The minimum absolute atomic E-state index is 0.151. The summed E-state index contributed by atoms with van der Waals surface area (Å²) in [6.07, 6.45) is 0. The summed E-state index contributed by atoms with van der Waals surface area (Å²) in [6, 6.07) is 4.52. The van der Waals surface area contributed by atoms with Gasteiger partial charge in [-0.25, -0.2) is 4.98 Å². The first kappa shape index (κ1) is 18.1. The van der Waals surface area contributed by atoms with E-state index in [4.69, 9.17) is 0 Å². The van der Waals surface area contributed by atoms with Crippen LogP contribution in [0.2, 0.25) is 0 Å². The third-order valence-corrected chi connectivity index (χ3v) is 2.99. The van der Waals surface area contributed by atoms with Gasteiger partial charge in [0.15, 0.2) is 0 Å². The fourth-order valence-corrected chi connectivity index (χ4v) is 1.59. The normalized spacial score (nSPS) is 9.79. The first-order valence-corrected chi connectivity index (χ1v) is 7.01. The number of aromatic nitrogens is 1. The maximum Gasteiger partial charge on any atom is 0.234 e. The molecule has 0 amide bonds. The van der Waals surface area contributed by atoms with Gasteiger partial charge in [-0.15, -0.1) is 0 Å². The van der Waals surface area contributed by atoms with Crippen molar-refractivity contribution < 1.29 is 9.59 Å². The van der Waals surface area contributed by atoms with Gasteiger partial charge in [-0.3, -0.25) is 9.59 Å². The van der Waals surface area contributed by atoms with E-state index >= 15 is 0 Å². The van der Waals surface area contributed by atoms with Crippen LogP contribution in [0, 0.1) is 0 Å². The lowest BCUT2D eigenvalue weighted by molar-refractivity contribution is 0.108. The lowest BCUT2D eigenvalue weighted by Crippen LogP contribution is -2.21. The molecule has 0 saturated heterocycles. The van der Waals surface area contributed by atoms with Crippen molar-refractivity contribution in [3.05, 3.63) is 29.6 Å². The molecule has 4 nitrogen and oxygen atoms in total. The number of pyridine rings is 1. The summed E-state index contributed by atoms with van der Waals surface area (Å²) in [5.74, 6) is 0. The van der Waals surface area contributed by atoms with E-state index in [2.05, 4.69) is 55.9 Å². The summed E-state index contributed by atoms with van der Waals surface area (Å²) in [5, 5.41) is -0.933. The van der Waals surface area contributed by atoms with Crippen LogP contribution in [0.5, 0.6) is 0 Å². The van der Waals surface area contributed by atoms with E-state index in [-0.39, 0.29) is 11.4 Å². The number of hydrogen-bond donors (Lipinski definition) is 2. The molecule has 0 fully saturated rings. The van der Waals surface area contributed by atoms with Crippen LogP contribution in [0.15, 0.2) is 18.2 Å². The molecule has 0 aliphatic rings. The Kier molecular flexibility index (Phi) is 9.55. The van der Waals surface area contributed by atoms with Gasteiger partial charge in [0, 0.05) is 0 Å². The van der Waals surface area contributed by atoms with E-state index < -0.39 is 10.2 Å². The number of nitrogens with zero attached hydrogens (tertiary/aromatic N) is 2. The summed E-state index contributed by atoms with van der Waals surface area (Å²) >= 11 is 7.13. The van der Waals surface area contributed by atoms with E-state index in [0.29, 0.717) is 0 Å². The van der Waals surface area contributed by atoms with Crippen LogP contribution in [0.3, 0.4) is 0 Å². The second kappa shape index (κ2) is 10.00. The first-order chi connectivity index (χ1) is 8.96. The van der Waals surface area contributed by atoms with Crippen molar-refractivity contribution in [2.75, 3.05) is 19.6 Å². The van der Waals surface area contributed by atoms with Crippen LogP contribution in [0.1, 0.15) is 41.7 Å². The third-order valence-electron chi connectivity index (χ3n) is 2.53. The third kappa shape index (κ3) is 7.34. The Labute approximate surface area is 125 Å². The molecule has 0 spiro atoms. The Hall–Kier alpha value is -0.850. The molecule has 6 heteroatoms. The van der Waals surface area contributed by atoms with E-state index in [1.165, 1.54) is 31.8 Å². The molecule has 0 N–H and O–H groups in total. The SMILES string of the molecule is CCN(CC)CC.O=C(S)c1cccc(C(=O)S)n1. The maximum absolute atomic E-state index is 10.7. The molecule has 0 radical (unpaired) electrons. The zero-order valence-electron chi connectivity index (χ0n) is 11.5. The zero-order valence-corrected chi connectivity index (χ0v) is 13.2. The van der Waals surface area contributed by atoms with E-state index in [0.717, 1.165) is 0 Å². The summed E-state index contributed by atoms with van der Waals surface area (Å²) in [7, 11) is 0. The second-order valence-electron chi connectivity index (χ2n) is 3.64.